The van der Waals surface area contributed by atoms with Gasteiger partial charge in [-0.1, -0.05) is 30.3 Å². The predicted octanol–water partition coefficient (Wildman–Crippen LogP) is 6.39. The number of pyridine rings is 1. The number of alkyl halides is 3. The van der Waals surface area contributed by atoms with Crippen molar-refractivity contribution < 1.29 is 27.8 Å². The smallest absolute Gasteiger partial charge is 0.416 e. The number of aliphatic hydroxyl groups is 1. The van der Waals surface area contributed by atoms with Gasteiger partial charge in [0, 0.05) is 78.8 Å². The zero-order valence-electron chi connectivity index (χ0n) is 30.6. The number of hydrogen-bond acceptors (Lipinski definition) is 9. The average molecular weight is 784 g/mol. The monoisotopic (exact) mass is 783 g/mol. The van der Waals surface area contributed by atoms with Gasteiger partial charge in [-0.3, -0.25) is 19.1 Å². The molecule has 11 nitrogen and oxygen atoms in total. The summed E-state index contributed by atoms with van der Waals surface area (Å²) in [5.41, 5.74) is 0.429. The summed E-state index contributed by atoms with van der Waals surface area (Å²) in [6.45, 7) is 2.91. The lowest BCUT2D eigenvalue weighted by Gasteiger charge is -2.43. The van der Waals surface area contributed by atoms with Gasteiger partial charge in [-0.2, -0.15) is 13.2 Å². The minimum absolute atomic E-state index is 0.00155. The fraction of sp³-hybridized carbons (Fsp3) is 0.341. The van der Waals surface area contributed by atoms with Crippen molar-refractivity contribution in [2.24, 2.45) is 5.92 Å². The molecule has 56 heavy (non-hydrogen) atoms. The van der Waals surface area contributed by atoms with Crippen LogP contribution in [0.4, 0.5) is 13.2 Å². The van der Waals surface area contributed by atoms with Crippen molar-refractivity contribution in [2.45, 2.75) is 50.0 Å². The summed E-state index contributed by atoms with van der Waals surface area (Å²) < 4.78 is 47.4. The summed E-state index contributed by atoms with van der Waals surface area (Å²) in [5.74, 6) is 0.403. The van der Waals surface area contributed by atoms with Crippen molar-refractivity contribution >= 4 is 28.3 Å². The van der Waals surface area contributed by atoms with Crippen molar-refractivity contribution in [3.63, 3.8) is 0 Å². The lowest BCUT2D eigenvalue weighted by Crippen LogP contribution is -2.53. The van der Waals surface area contributed by atoms with Gasteiger partial charge in [0.15, 0.2) is 5.65 Å². The Morgan fingerprint density at radius 2 is 1.73 bits per heavy atom. The van der Waals surface area contributed by atoms with Crippen LogP contribution in [0.3, 0.4) is 0 Å². The second kappa shape index (κ2) is 15.3. The van der Waals surface area contributed by atoms with Gasteiger partial charge in [-0.05, 0) is 67.8 Å². The lowest BCUT2D eigenvalue weighted by atomic mass is 9.79. The summed E-state index contributed by atoms with van der Waals surface area (Å²) in [6, 6.07) is 20.2. The van der Waals surface area contributed by atoms with Crippen LogP contribution in [0.1, 0.15) is 41.2 Å². The van der Waals surface area contributed by atoms with Gasteiger partial charge in [0.2, 0.25) is 11.8 Å². The number of halogens is 3. The number of carbonyl (C=O) groups excluding carboxylic acids is 1. The highest BCUT2D eigenvalue weighted by Crippen LogP contribution is 2.37. The molecule has 15 heteroatoms. The maximum Gasteiger partial charge on any atom is 0.416 e. The Morgan fingerprint density at radius 3 is 2.43 bits per heavy atom. The second-order valence-electron chi connectivity index (χ2n) is 14.6. The van der Waals surface area contributed by atoms with E-state index in [0.29, 0.717) is 56.1 Å². The van der Waals surface area contributed by atoms with E-state index in [1.807, 2.05) is 41.4 Å². The summed E-state index contributed by atoms with van der Waals surface area (Å²) >= 11 is 1.63. The van der Waals surface area contributed by atoms with Crippen LogP contribution in [0.15, 0.2) is 103 Å². The van der Waals surface area contributed by atoms with Crippen LogP contribution in [-0.4, -0.2) is 83.8 Å². The van der Waals surface area contributed by atoms with Gasteiger partial charge in [0.05, 0.1) is 30.2 Å². The van der Waals surface area contributed by atoms with Gasteiger partial charge < -0.3 is 19.3 Å². The number of carbonyl (C=O) groups is 1. The molecule has 1 amide bonds. The van der Waals surface area contributed by atoms with Crippen molar-refractivity contribution in [2.75, 3.05) is 33.3 Å². The molecule has 2 aliphatic heterocycles. The highest BCUT2D eigenvalue weighted by atomic mass is 32.1. The molecule has 1 N–H and O–H groups in total. The lowest BCUT2D eigenvalue weighted by molar-refractivity contribution is -0.142. The largest absolute Gasteiger partial charge is 0.481 e. The normalized spacial score (nSPS) is 19.0. The molecule has 0 bridgehead atoms. The summed E-state index contributed by atoms with van der Waals surface area (Å²) in [4.78, 5) is 46.6. The number of nitrogens with zero attached hydrogens (tertiary/aromatic N) is 7. The van der Waals surface area contributed by atoms with Crippen molar-refractivity contribution in [1.29, 1.82) is 0 Å². The molecule has 4 aromatic heterocycles. The summed E-state index contributed by atoms with van der Waals surface area (Å²) in [5, 5.41) is 12.8. The Labute approximate surface area is 324 Å². The van der Waals surface area contributed by atoms with Crippen molar-refractivity contribution in [1.82, 2.24) is 33.9 Å². The molecule has 2 atom stereocenters. The van der Waals surface area contributed by atoms with Gasteiger partial charge >= 0.3 is 6.18 Å². The summed E-state index contributed by atoms with van der Waals surface area (Å²) in [7, 11) is 1.59. The van der Waals surface area contributed by atoms with E-state index in [1.165, 1.54) is 23.0 Å². The van der Waals surface area contributed by atoms with E-state index < -0.39 is 17.3 Å². The number of rotatable bonds is 9. The van der Waals surface area contributed by atoms with Crippen LogP contribution in [0.5, 0.6) is 5.88 Å². The van der Waals surface area contributed by atoms with Gasteiger partial charge in [0.1, 0.15) is 11.3 Å². The molecule has 8 rings (SSSR count). The zero-order valence-corrected chi connectivity index (χ0v) is 31.4. The Morgan fingerprint density at radius 1 is 0.964 bits per heavy atom. The minimum atomic E-state index is -4.46. The van der Waals surface area contributed by atoms with E-state index >= 15 is 0 Å². The van der Waals surface area contributed by atoms with Crippen LogP contribution in [0.2, 0.25) is 0 Å². The van der Waals surface area contributed by atoms with Crippen molar-refractivity contribution in [3.05, 3.63) is 124 Å². The number of benzene rings is 2. The minimum Gasteiger partial charge on any atom is -0.481 e. The van der Waals surface area contributed by atoms with Crippen LogP contribution in [-0.2, 0) is 24.1 Å². The van der Waals surface area contributed by atoms with Gasteiger partial charge in [-0.15, -0.1) is 11.3 Å². The first-order valence-corrected chi connectivity index (χ1v) is 19.3. The van der Waals surface area contributed by atoms with E-state index in [4.69, 9.17) is 4.74 Å². The van der Waals surface area contributed by atoms with Gasteiger partial charge in [-0.25, -0.2) is 15.0 Å². The molecular formula is C41H40F3N7O4S. The number of fused-ring (bicyclic) bond motifs is 1. The molecule has 290 valence electrons. The maximum absolute atomic E-state index is 14.2. The number of amides is 1. The predicted molar refractivity (Wildman–Crippen MR) is 206 cm³/mol. The molecule has 2 fully saturated rings. The number of likely N-dealkylation sites (tertiary alicyclic amines) is 2. The molecule has 0 aliphatic carbocycles. The van der Waals surface area contributed by atoms with E-state index in [-0.39, 0.29) is 35.2 Å². The molecule has 0 unspecified atom stereocenters. The zero-order chi connectivity index (χ0) is 39.0. The Kier molecular flexibility index (Phi) is 10.2. The molecule has 6 aromatic rings. The number of piperidine rings is 2. The Balaban J connectivity index is 0.917. The number of ether oxygens (including phenoxy) is 1. The molecule has 0 radical (unpaired) electrons. The maximum atomic E-state index is 14.2. The third-order valence-electron chi connectivity index (χ3n) is 11.0. The molecule has 0 spiro atoms. The van der Waals surface area contributed by atoms with Crippen LogP contribution in [0.25, 0.3) is 27.3 Å². The number of methoxy groups -OCH3 is 1. The van der Waals surface area contributed by atoms with Crippen molar-refractivity contribution in [3.8, 4) is 22.1 Å². The van der Waals surface area contributed by atoms with Crippen LogP contribution >= 0.6 is 11.3 Å². The van der Waals surface area contributed by atoms with E-state index in [0.717, 1.165) is 46.2 Å². The van der Waals surface area contributed by atoms with E-state index in [1.54, 1.807) is 41.5 Å². The molecule has 6 heterocycles. The summed E-state index contributed by atoms with van der Waals surface area (Å²) in [6.07, 6.45) is 3.46. The third kappa shape index (κ3) is 7.71. The number of thiazole rings is 1. The first-order valence-electron chi connectivity index (χ1n) is 18.5. The molecular weight excluding hydrogens is 744 g/mol. The molecule has 0 saturated carbocycles. The first-order chi connectivity index (χ1) is 27.0. The highest BCUT2D eigenvalue weighted by molar-refractivity contribution is 7.15. The SMILES string of the molecule is COc1ccc(-c2ncc(CN3CC[C@@H](C(=O)N4CCC(O)(Cn5cnc6c(ccn6-c6ccc(C(F)(F)F)cc6)c5=O)CC4)[C@H](c4ccccc4)C3)s2)cn1. The third-order valence-corrected chi connectivity index (χ3v) is 12.0. The molecule has 2 aliphatic rings. The topological polar surface area (TPSA) is 119 Å². The number of aromatic nitrogens is 5. The van der Waals surface area contributed by atoms with E-state index in [2.05, 4.69) is 32.0 Å². The second-order valence-corrected chi connectivity index (χ2v) is 15.7. The van der Waals surface area contributed by atoms with E-state index in [9.17, 15) is 27.9 Å². The first kappa shape index (κ1) is 37.5. The number of hydrogen-bond donors (Lipinski definition) is 1. The Hall–Kier alpha value is -5.38. The fourth-order valence-corrected chi connectivity index (χ4v) is 8.84. The fourth-order valence-electron chi connectivity index (χ4n) is 7.90. The standard InChI is InChI=1S/C41H40F3N7O4S/c1-55-35-12-7-28(21-45-35)37-46-22-31(56-37)23-48-17-13-32(34(24-48)27-5-3-2-4-6-27)38(52)49-19-15-40(54,16-20-49)25-50-26-47-36-33(39(50)53)14-18-51(36)30-10-8-29(9-11-30)41(42,43)44/h2-12,14,18,21-22,26,32,34,54H,13,15-17,19-20,23-25H2,1H3/t32-,34+/m1/s1. The molecule has 2 aromatic carbocycles. The highest BCUT2D eigenvalue weighted by Gasteiger charge is 2.41. The van der Waals surface area contributed by atoms with Crippen LogP contribution < -0.4 is 10.3 Å². The van der Waals surface area contributed by atoms with Gasteiger partial charge in [0.25, 0.3) is 5.56 Å². The Bertz CT molecular complexity index is 2370. The quantitative estimate of drug-likeness (QED) is 0.179. The average Bonchev–Trinajstić information content (AvgIpc) is 3.87. The molecule has 2 saturated heterocycles. The van der Waals surface area contributed by atoms with Crippen LogP contribution in [0, 0.1) is 5.92 Å².